The maximum absolute atomic E-state index is 4.43. The number of nitrogens with zero attached hydrogens (tertiary/aromatic N) is 3. The Morgan fingerprint density at radius 1 is 1.67 bits per heavy atom. The zero-order chi connectivity index (χ0) is 13.0. The minimum atomic E-state index is 0.788. The van der Waals surface area contributed by atoms with Crippen molar-refractivity contribution in [2.24, 2.45) is 18.0 Å². The molecule has 98 valence electrons. The Morgan fingerprint density at radius 3 is 3.00 bits per heavy atom. The Bertz CT molecular complexity index is 458. The van der Waals surface area contributed by atoms with Gasteiger partial charge < -0.3 is 5.32 Å². The van der Waals surface area contributed by atoms with Gasteiger partial charge in [-0.05, 0) is 40.3 Å². The highest BCUT2D eigenvalue weighted by molar-refractivity contribution is 9.10. The second kappa shape index (κ2) is 6.18. The molecule has 0 amide bonds. The van der Waals surface area contributed by atoms with E-state index in [9.17, 15) is 0 Å². The predicted molar refractivity (Wildman–Crippen MR) is 77.8 cm³/mol. The van der Waals surface area contributed by atoms with Crippen LogP contribution in [0.5, 0.6) is 0 Å². The number of aryl methyl sites for hydroxylation is 1. The molecule has 0 atom stereocenters. The van der Waals surface area contributed by atoms with Crippen LogP contribution in [0.15, 0.2) is 27.4 Å². The molecule has 0 saturated heterocycles. The fourth-order valence-electron chi connectivity index (χ4n) is 1.80. The van der Waals surface area contributed by atoms with Gasteiger partial charge in [0.15, 0.2) is 0 Å². The van der Waals surface area contributed by atoms with Crippen molar-refractivity contribution in [1.82, 2.24) is 15.1 Å². The van der Waals surface area contributed by atoms with Gasteiger partial charge in [-0.15, -0.1) is 0 Å². The van der Waals surface area contributed by atoms with Gasteiger partial charge in [0.25, 0.3) is 0 Å². The van der Waals surface area contributed by atoms with Crippen LogP contribution in [-0.4, -0.2) is 29.6 Å². The molecule has 0 aromatic carbocycles. The van der Waals surface area contributed by atoms with E-state index in [1.54, 1.807) is 7.05 Å². The molecule has 1 aliphatic rings. The standard InChI is InChI=1S/C13H19BrN4/c1-15-6-11(8-16-7-10-3-4-10)5-13-12(14)9-18(2)17-13/h6,8-10,16H,3-5,7H2,1-2H3/b11-8-,15-6-. The first kappa shape index (κ1) is 13.3. The van der Waals surface area contributed by atoms with Gasteiger partial charge in [0, 0.05) is 45.7 Å². The van der Waals surface area contributed by atoms with E-state index < -0.39 is 0 Å². The number of aromatic nitrogens is 2. The molecule has 18 heavy (non-hydrogen) atoms. The molecule has 5 heteroatoms. The van der Waals surface area contributed by atoms with Crippen LogP contribution in [0.25, 0.3) is 0 Å². The van der Waals surface area contributed by atoms with E-state index >= 15 is 0 Å². The van der Waals surface area contributed by atoms with E-state index in [0.717, 1.165) is 34.6 Å². The summed E-state index contributed by atoms with van der Waals surface area (Å²) in [4.78, 5) is 4.10. The Hall–Kier alpha value is -1.10. The second-order valence-electron chi connectivity index (χ2n) is 4.73. The zero-order valence-corrected chi connectivity index (χ0v) is 12.4. The molecule has 1 aromatic heterocycles. The summed E-state index contributed by atoms with van der Waals surface area (Å²) in [6, 6.07) is 0. The molecule has 0 radical (unpaired) electrons. The van der Waals surface area contributed by atoms with Gasteiger partial charge in [-0.2, -0.15) is 5.10 Å². The van der Waals surface area contributed by atoms with Gasteiger partial charge in [0.1, 0.15) is 0 Å². The van der Waals surface area contributed by atoms with Crippen LogP contribution in [0.4, 0.5) is 0 Å². The summed E-state index contributed by atoms with van der Waals surface area (Å²) in [7, 11) is 3.72. The van der Waals surface area contributed by atoms with Crippen LogP contribution in [0.1, 0.15) is 18.5 Å². The zero-order valence-electron chi connectivity index (χ0n) is 10.9. The first-order valence-corrected chi connectivity index (χ1v) is 7.01. The average molecular weight is 311 g/mol. The number of allylic oxidation sites excluding steroid dienone is 1. The Labute approximate surface area is 116 Å². The first-order valence-electron chi connectivity index (χ1n) is 6.21. The molecule has 0 bridgehead atoms. The number of hydrogen-bond donors (Lipinski definition) is 1. The molecule has 0 spiro atoms. The number of nitrogens with one attached hydrogen (secondary N) is 1. The quantitative estimate of drug-likeness (QED) is 0.819. The molecular weight excluding hydrogens is 292 g/mol. The maximum atomic E-state index is 4.43. The molecule has 2 rings (SSSR count). The van der Waals surface area contributed by atoms with E-state index in [-0.39, 0.29) is 0 Å². The van der Waals surface area contributed by atoms with Crippen molar-refractivity contribution in [2.75, 3.05) is 13.6 Å². The van der Waals surface area contributed by atoms with Crippen molar-refractivity contribution >= 4 is 22.1 Å². The lowest BCUT2D eigenvalue weighted by atomic mass is 10.2. The van der Waals surface area contributed by atoms with Crippen molar-refractivity contribution in [2.45, 2.75) is 19.3 Å². The number of halogens is 1. The summed E-state index contributed by atoms with van der Waals surface area (Å²) in [6.45, 7) is 1.07. The lowest BCUT2D eigenvalue weighted by Crippen LogP contribution is -2.11. The molecule has 1 N–H and O–H groups in total. The van der Waals surface area contributed by atoms with Crippen molar-refractivity contribution in [3.05, 3.63) is 28.1 Å². The van der Waals surface area contributed by atoms with Gasteiger partial charge in [0.05, 0.1) is 10.2 Å². The fraction of sp³-hybridized carbons (Fsp3) is 0.538. The number of rotatable bonds is 6. The molecule has 1 saturated carbocycles. The van der Waals surface area contributed by atoms with Crippen LogP contribution in [0.2, 0.25) is 0 Å². The Morgan fingerprint density at radius 2 is 2.44 bits per heavy atom. The maximum Gasteiger partial charge on any atom is 0.0811 e. The average Bonchev–Trinajstić information content (AvgIpc) is 3.06. The number of aliphatic imine (C=N–C) groups is 1. The fourth-order valence-corrected chi connectivity index (χ4v) is 2.31. The van der Waals surface area contributed by atoms with E-state index in [1.807, 2.05) is 24.1 Å². The first-order chi connectivity index (χ1) is 8.69. The minimum absolute atomic E-state index is 0.788. The predicted octanol–water partition coefficient (Wildman–Crippen LogP) is 2.31. The van der Waals surface area contributed by atoms with Crippen LogP contribution < -0.4 is 5.32 Å². The van der Waals surface area contributed by atoms with Gasteiger partial charge in [-0.3, -0.25) is 9.67 Å². The second-order valence-corrected chi connectivity index (χ2v) is 5.59. The molecule has 1 fully saturated rings. The summed E-state index contributed by atoms with van der Waals surface area (Å²) in [6.07, 6.45) is 9.44. The molecule has 0 unspecified atom stereocenters. The molecule has 1 aromatic rings. The summed E-state index contributed by atoms with van der Waals surface area (Å²) in [5, 5.41) is 7.80. The van der Waals surface area contributed by atoms with Crippen LogP contribution in [0, 0.1) is 5.92 Å². The highest BCUT2D eigenvalue weighted by Crippen LogP contribution is 2.27. The lowest BCUT2D eigenvalue weighted by Gasteiger charge is -2.03. The van der Waals surface area contributed by atoms with E-state index in [2.05, 4.69) is 37.5 Å². The largest absolute Gasteiger partial charge is 0.390 e. The van der Waals surface area contributed by atoms with Crippen molar-refractivity contribution in [3.8, 4) is 0 Å². The molecule has 1 heterocycles. The number of hydrogen-bond acceptors (Lipinski definition) is 3. The summed E-state index contributed by atoms with van der Waals surface area (Å²) >= 11 is 3.52. The van der Waals surface area contributed by atoms with Crippen molar-refractivity contribution in [3.63, 3.8) is 0 Å². The normalized spacial score (nSPS) is 16.5. The summed E-state index contributed by atoms with van der Waals surface area (Å²) in [5.41, 5.74) is 2.19. The minimum Gasteiger partial charge on any atom is -0.390 e. The van der Waals surface area contributed by atoms with Crippen molar-refractivity contribution < 1.29 is 0 Å². The third-order valence-corrected chi connectivity index (χ3v) is 3.57. The van der Waals surface area contributed by atoms with E-state index in [4.69, 9.17) is 0 Å². The van der Waals surface area contributed by atoms with Crippen LogP contribution in [0.3, 0.4) is 0 Å². The third kappa shape index (κ3) is 3.98. The highest BCUT2D eigenvalue weighted by atomic mass is 79.9. The monoisotopic (exact) mass is 310 g/mol. The molecule has 1 aliphatic carbocycles. The van der Waals surface area contributed by atoms with Gasteiger partial charge in [-0.25, -0.2) is 0 Å². The molecule has 0 aliphatic heterocycles. The Kier molecular flexibility index (Phi) is 4.58. The topological polar surface area (TPSA) is 42.2 Å². The van der Waals surface area contributed by atoms with Gasteiger partial charge in [-0.1, -0.05) is 0 Å². The van der Waals surface area contributed by atoms with Gasteiger partial charge >= 0.3 is 0 Å². The summed E-state index contributed by atoms with van der Waals surface area (Å²) in [5.74, 6) is 0.877. The van der Waals surface area contributed by atoms with E-state index in [1.165, 1.54) is 12.8 Å². The smallest absolute Gasteiger partial charge is 0.0811 e. The lowest BCUT2D eigenvalue weighted by molar-refractivity contribution is 0.738. The van der Waals surface area contributed by atoms with Crippen LogP contribution >= 0.6 is 15.9 Å². The summed E-state index contributed by atoms with van der Waals surface area (Å²) < 4.78 is 2.86. The molecule has 4 nitrogen and oxygen atoms in total. The SMILES string of the molecule is C/N=C\C(=C/NCC1CC1)Cc1nn(C)cc1Br. The van der Waals surface area contributed by atoms with Crippen molar-refractivity contribution in [1.29, 1.82) is 0 Å². The van der Waals surface area contributed by atoms with Crippen LogP contribution in [-0.2, 0) is 13.5 Å². The highest BCUT2D eigenvalue weighted by Gasteiger charge is 2.19. The van der Waals surface area contributed by atoms with E-state index in [0.29, 0.717) is 0 Å². The third-order valence-electron chi connectivity index (χ3n) is 2.91. The van der Waals surface area contributed by atoms with Gasteiger partial charge in [0.2, 0.25) is 0 Å². The molecular formula is C13H19BrN4. The Balaban J connectivity index is 1.97.